The third kappa shape index (κ3) is 3.23. The Morgan fingerprint density at radius 3 is 2.18 bits per heavy atom. The summed E-state index contributed by atoms with van der Waals surface area (Å²) in [6.07, 6.45) is 0. The molecule has 0 saturated carbocycles. The van der Waals surface area contributed by atoms with E-state index in [4.69, 9.17) is 5.11 Å². The molecule has 11 heavy (non-hydrogen) atoms. The van der Waals surface area contributed by atoms with Crippen LogP contribution in [0.4, 0.5) is 0 Å². The van der Waals surface area contributed by atoms with Crippen molar-refractivity contribution in [1.82, 2.24) is 9.80 Å². The van der Waals surface area contributed by atoms with Gasteiger partial charge in [-0.25, -0.2) is 0 Å². The van der Waals surface area contributed by atoms with Gasteiger partial charge in [-0.3, -0.25) is 4.99 Å². The third-order valence-corrected chi connectivity index (χ3v) is 1.38. The van der Waals surface area contributed by atoms with Gasteiger partial charge in [-0.05, 0) is 0 Å². The molecule has 0 aliphatic rings. The highest BCUT2D eigenvalue weighted by atomic mass is 16.3. The summed E-state index contributed by atoms with van der Waals surface area (Å²) in [6, 6.07) is 0. The zero-order valence-corrected chi connectivity index (χ0v) is 7.70. The molecule has 0 unspecified atom stereocenters. The van der Waals surface area contributed by atoms with Crippen LogP contribution in [0.15, 0.2) is 4.99 Å². The van der Waals surface area contributed by atoms with Gasteiger partial charge in [-0.15, -0.1) is 0 Å². The van der Waals surface area contributed by atoms with E-state index in [2.05, 4.69) is 4.99 Å². The van der Waals surface area contributed by atoms with Crippen LogP contribution < -0.4 is 0 Å². The molecule has 0 heterocycles. The fourth-order valence-corrected chi connectivity index (χ4v) is 0.962. The molecule has 1 N–H and O–H groups in total. The molecular formula is C7H17N3O. The lowest BCUT2D eigenvalue weighted by molar-refractivity contribution is 0.255. The summed E-state index contributed by atoms with van der Waals surface area (Å²) in [4.78, 5) is 7.88. The SMILES string of the molecule is C/N=C(\N(C)C)N(C)CCO. The zero-order valence-electron chi connectivity index (χ0n) is 7.70. The fraction of sp³-hybridized carbons (Fsp3) is 0.857. The maximum Gasteiger partial charge on any atom is 0.195 e. The number of nitrogens with zero attached hydrogens (tertiary/aromatic N) is 3. The Bertz CT molecular complexity index is 134. The molecule has 4 heteroatoms. The lowest BCUT2D eigenvalue weighted by atomic mass is 10.6. The van der Waals surface area contributed by atoms with E-state index in [1.165, 1.54) is 0 Å². The number of rotatable bonds is 2. The first-order valence-corrected chi connectivity index (χ1v) is 3.59. The van der Waals surface area contributed by atoms with Crippen molar-refractivity contribution in [3.05, 3.63) is 0 Å². The summed E-state index contributed by atoms with van der Waals surface area (Å²) in [5.41, 5.74) is 0. The molecule has 0 aromatic rings. The molecule has 0 radical (unpaired) electrons. The average molecular weight is 159 g/mol. The highest BCUT2D eigenvalue weighted by Gasteiger charge is 2.05. The Labute approximate surface area is 68.1 Å². The van der Waals surface area contributed by atoms with E-state index in [-0.39, 0.29) is 6.61 Å². The summed E-state index contributed by atoms with van der Waals surface area (Å²) in [7, 11) is 7.49. The fourth-order valence-electron chi connectivity index (χ4n) is 0.962. The van der Waals surface area contributed by atoms with Crippen molar-refractivity contribution in [2.45, 2.75) is 0 Å². The van der Waals surface area contributed by atoms with Gasteiger partial charge in [0.25, 0.3) is 0 Å². The molecule has 0 amide bonds. The smallest absolute Gasteiger partial charge is 0.195 e. The lowest BCUT2D eigenvalue weighted by Gasteiger charge is -2.25. The molecule has 66 valence electrons. The second-order valence-corrected chi connectivity index (χ2v) is 2.56. The topological polar surface area (TPSA) is 39.1 Å². The highest BCUT2D eigenvalue weighted by molar-refractivity contribution is 5.79. The van der Waals surface area contributed by atoms with E-state index in [9.17, 15) is 0 Å². The second kappa shape index (κ2) is 4.96. The van der Waals surface area contributed by atoms with Crippen LogP contribution in [0.25, 0.3) is 0 Å². The van der Waals surface area contributed by atoms with Crippen molar-refractivity contribution < 1.29 is 5.11 Å². The Morgan fingerprint density at radius 2 is 1.91 bits per heavy atom. The van der Waals surface area contributed by atoms with Crippen LogP contribution in [0.1, 0.15) is 0 Å². The second-order valence-electron chi connectivity index (χ2n) is 2.56. The predicted octanol–water partition coefficient (Wildman–Crippen LogP) is -0.542. The summed E-state index contributed by atoms with van der Waals surface area (Å²) >= 11 is 0. The molecular weight excluding hydrogens is 142 g/mol. The van der Waals surface area contributed by atoms with Crippen molar-refractivity contribution in [3.8, 4) is 0 Å². The van der Waals surface area contributed by atoms with Crippen molar-refractivity contribution in [2.24, 2.45) is 4.99 Å². The van der Waals surface area contributed by atoms with Gasteiger partial charge >= 0.3 is 0 Å². The van der Waals surface area contributed by atoms with Gasteiger partial charge in [0.15, 0.2) is 5.96 Å². The van der Waals surface area contributed by atoms with Gasteiger partial charge in [-0.1, -0.05) is 0 Å². The molecule has 0 aromatic carbocycles. The molecule has 0 rings (SSSR count). The predicted molar refractivity (Wildman–Crippen MR) is 46.8 cm³/mol. The molecule has 0 bridgehead atoms. The van der Waals surface area contributed by atoms with Gasteiger partial charge in [0.2, 0.25) is 0 Å². The number of aliphatic hydroxyl groups is 1. The first-order chi connectivity index (χ1) is 5.13. The molecule has 0 fully saturated rings. The van der Waals surface area contributed by atoms with Crippen LogP contribution >= 0.6 is 0 Å². The zero-order chi connectivity index (χ0) is 8.85. The number of guanidine groups is 1. The first-order valence-electron chi connectivity index (χ1n) is 3.59. The summed E-state index contributed by atoms with van der Waals surface area (Å²) in [5, 5.41) is 8.65. The number of hydrogen-bond donors (Lipinski definition) is 1. The van der Waals surface area contributed by atoms with Crippen LogP contribution in [-0.4, -0.2) is 62.2 Å². The molecule has 0 atom stereocenters. The minimum atomic E-state index is 0.156. The van der Waals surface area contributed by atoms with E-state index >= 15 is 0 Å². The van der Waals surface area contributed by atoms with Crippen LogP contribution in [0.5, 0.6) is 0 Å². The molecule has 0 aromatic heterocycles. The minimum Gasteiger partial charge on any atom is -0.395 e. The van der Waals surface area contributed by atoms with Crippen LogP contribution in [-0.2, 0) is 0 Å². The minimum absolute atomic E-state index is 0.156. The molecule has 0 aliphatic carbocycles. The standard InChI is InChI=1S/C7H17N3O/c1-8-7(9(2)3)10(4)5-6-11/h11H,5-6H2,1-4H3/b8-7+. The van der Waals surface area contributed by atoms with E-state index in [1.807, 2.05) is 30.9 Å². The monoisotopic (exact) mass is 159 g/mol. The largest absolute Gasteiger partial charge is 0.395 e. The normalized spacial score (nSPS) is 11.5. The number of aliphatic hydroxyl groups excluding tert-OH is 1. The van der Waals surface area contributed by atoms with Crippen molar-refractivity contribution in [2.75, 3.05) is 41.3 Å². The number of likely N-dealkylation sites (N-methyl/N-ethyl adjacent to an activating group) is 1. The molecule has 0 saturated heterocycles. The van der Waals surface area contributed by atoms with E-state index < -0.39 is 0 Å². The molecule has 0 spiro atoms. The highest BCUT2D eigenvalue weighted by Crippen LogP contribution is 1.89. The number of hydrogen-bond acceptors (Lipinski definition) is 2. The Balaban J connectivity index is 4.04. The van der Waals surface area contributed by atoms with Crippen molar-refractivity contribution in [1.29, 1.82) is 0 Å². The van der Waals surface area contributed by atoms with Gasteiger partial charge in [0, 0.05) is 34.7 Å². The Kier molecular flexibility index (Phi) is 4.61. The van der Waals surface area contributed by atoms with Crippen LogP contribution in [0.3, 0.4) is 0 Å². The molecule has 4 nitrogen and oxygen atoms in total. The van der Waals surface area contributed by atoms with Crippen LogP contribution in [0, 0.1) is 0 Å². The van der Waals surface area contributed by atoms with Gasteiger partial charge < -0.3 is 14.9 Å². The molecule has 0 aliphatic heterocycles. The first kappa shape index (κ1) is 10.2. The Hall–Kier alpha value is -0.770. The van der Waals surface area contributed by atoms with Gasteiger partial charge in [0.05, 0.1) is 6.61 Å². The van der Waals surface area contributed by atoms with Crippen molar-refractivity contribution in [3.63, 3.8) is 0 Å². The summed E-state index contributed by atoms with van der Waals surface area (Å²) in [5.74, 6) is 0.874. The maximum atomic E-state index is 8.65. The summed E-state index contributed by atoms with van der Waals surface area (Å²) in [6.45, 7) is 0.772. The maximum absolute atomic E-state index is 8.65. The van der Waals surface area contributed by atoms with E-state index in [0.717, 1.165) is 5.96 Å². The van der Waals surface area contributed by atoms with Gasteiger partial charge in [0.1, 0.15) is 0 Å². The average Bonchev–Trinajstić information content (AvgIpc) is 1.88. The van der Waals surface area contributed by atoms with Crippen LogP contribution in [0.2, 0.25) is 0 Å². The quantitative estimate of drug-likeness (QED) is 0.434. The summed E-state index contributed by atoms with van der Waals surface area (Å²) < 4.78 is 0. The van der Waals surface area contributed by atoms with E-state index in [0.29, 0.717) is 6.54 Å². The van der Waals surface area contributed by atoms with E-state index in [1.54, 1.807) is 7.05 Å². The Morgan fingerprint density at radius 1 is 1.36 bits per heavy atom. The lowest BCUT2D eigenvalue weighted by Crippen LogP contribution is -2.39. The number of aliphatic imine (C=N–C) groups is 1. The van der Waals surface area contributed by atoms with Crippen molar-refractivity contribution >= 4 is 5.96 Å². The van der Waals surface area contributed by atoms with Gasteiger partial charge in [-0.2, -0.15) is 0 Å². The third-order valence-electron chi connectivity index (χ3n) is 1.38.